The number of amides is 1. The molecule has 1 saturated carbocycles. The zero-order valence-electron chi connectivity index (χ0n) is 14.9. The standard InChI is InChI=1S/C21H25ClN2O/c1-15(2)17-9-7-16(8-10-17)13-24(18-11-12-18)14-21(25)23-20-6-4-3-5-19(20)22/h3-10,15,18H,11-14H2,1-2H3,(H,23,25)/p+1. The molecule has 0 heterocycles. The molecule has 0 aliphatic heterocycles. The van der Waals surface area contributed by atoms with Crippen LogP contribution < -0.4 is 10.2 Å². The predicted octanol–water partition coefficient (Wildman–Crippen LogP) is 3.65. The zero-order valence-corrected chi connectivity index (χ0v) is 15.6. The van der Waals surface area contributed by atoms with Crippen molar-refractivity contribution in [3.05, 3.63) is 64.7 Å². The molecule has 0 aromatic heterocycles. The van der Waals surface area contributed by atoms with Gasteiger partial charge in [-0.25, -0.2) is 0 Å². The topological polar surface area (TPSA) is 33.5 Å². The Bertz CT molecular complexity index is 723. The molecule has 3 rings (SSSR count). The normalized spacial score (nSPS) is 15.2. The van der Waals surface area contributed by atoms with E-state index in [4.69, 9.17) is 11.6 Å². The molecule has 0 spiro atoms. The highest BCUT2D eigenvalue weighted by atomic mass is 35.5. The van der Waals surface area contributed by atoms with E-state index in [0.717, 1.165) is 6.54 Å². The van der Waals surface area contributed by atoms with Crippen LogP contribution in [0.25, 0.3) is 0 Å². The highest BCUT2D eigenvalue weighted by Gasteiger charge is 2.34. The number of hydrogen-bond acceptors (Lipinski definition) is 1. The smallest absolute Gasteiger partial charge is 0.279 e. The summed E-state index contributed by atoms with van der Waals surface area (Å²) in [6.45, 7) is 5.77. The van der Waals surface area contributed by atoms with E-state index < -0.39 is 0 Å². The SMILES string of the molecule is CC(C)c1ccc(C[NH+](CC(=O)Nc2ccccc2Cl)C2CC2)cc1. The molecular formula is C21H26ClN2O+. The predicted molar refractivity (Wildman–Crippen MR) is 103 cm³/mol. The fourth-order valence-corrected chi connectivity index (χ4v) is 3.27. The monoisotopic (exact) mass is 357 g/mol. The number of nitrogens with one attached hydrogen (secondary N) is 2. The number of anilines is 1. The zero-order chi connectivity index (χ0) is 17.8. The number of para-hydroxylation sites is 1. The second-order valence-corrected chi connectivity index (χ2v) is 7.62. The lowest BCUT2D eigenvalue weighted by Crippen LogP contribution is -3.13. The van der Waals surface area contributed by atoms with E-state index in [-0.39, 0.29) is 5.91 Å². The fourth-order valence-electron chi connectivity index (χ4n) is 3.09. The van der Waals surface area contributed by atoms with Gasteiger partial charge >= 0.3 is 0 Å². The Labute approximate surface area is 155 Å². The van der Waals surface area contributed by atoms with E-state index >= 15 is 0 Å². The summed E-state index contributed by atoms with van der Waals surface area (Å²) in [6, 6.07) is 16.8. The van der Waals surface area contributed by atoms with E-state index in [2.05, 4.69) is 43.4 Å². The van der Waals surface area contributed by atoms with Crippen LogP contribution in [-0.2, 0) is 11.3 Å². The average Bonchev–Trinajstić information content (AvgIpc) is 3.42. The summed E-state index contributed by atoms with van der Waals surface area (Å²) in [5.74, 6) is 0.566. The maximum Gasteiger partial charge on any atom is 0.279 e. The van der Waals surface area contributed by atoms with Crippen molar-refractivity contribution in [2.24, 2.45) is 0 Å². The number of hydrogen-bond donors (Lipinski definition) is 2. The van der Waals surface area contributed by atoms with Crippen molar-refractivity contribution in [2.75, 3.05) is 11.9 Å². The second-order valence-electron chi connectivity index (χ2n) is 7.21. The summed E-state index contributed by atoms with van der Waals surface area (Å²) in [6.07, 6.45) is 2.41. The Morgan fingerprint density at radius 3 is 2.44 bits per heavy atom. The van der Waals surface area contributed by atoms with Crippen LogP contribution in [0.5, 0.6) is 0 Å². The number of quaternary nitrogens is 1. The van der Waals surface area contributed by atoms with Gasteiger partial charge in [-0.05, 0) is 23.6 Å². The molecule has 0 saturated heterocycles. The molecule has 25 heavy (non-hydrogen) atoms. The van der Waals surface area contributed by atoms with Crippen molar-refractivity contribution in [3.63, 3.8) is 0 Å². The Morgan fingerprint density at radius 1 is 1.16 bits per heavy atom. The van der Waals surface area contributed by atoms with Crippen molar-refractivity contribution in [2.45, 2.75) is 45.2 Å². The first-order valence-corrected chi connectivity index (χ1v) is 9.38. The Morgan fingerprint density at radius 2 is 1.84 bits per heavy atom. The molecule has 2 N–H and O–H groups in total. The summed E-state index contributed by atoms with van der Waals surface area (Å²) in [4.78, 5) is 13.8. The van der Waals surface area contributed by atoms with Crippen molar-refractivity contribution in [1.29, 1.82) is 0 Å². The lowest BCUT2D eigenvalue weighted by atomic mass is 10.0. The third kappa shape index (κ3) is 5.07. The second kappa shape index (κ2) is 8.03. The largest absolute Gasteiger partial charge is 0.321 e. The summed E-state index contributed by atoms with van der Waals surface area (Å²) >= 11 is 6.13. The summed E-state index contributed by atoms with van der Waals surface area (Å²) in [7, 11) is 0. The van der Waals surface area contributed by atoms with Crippen molar-refractivity contribution in [3.8, 4) is 0 Å². The van der Waals surface area contributed by atoms with Crippen LogP contribution in [0.1, 0.15) is 43.7 Å². The van der Waals surface area contributed by atoms with Crippen LogP contribution in [0.3, 0.4) is 0 Å². The van der Waals surface area contributed by atoms with Crippen LogP contribution in [0.15, 0.2) is 48.5 Å². The highest BCUT2D eigenvalue weighted by Crippen LogP contribution is 2.20. The van der Waals surface area contributed by atoms with Gasteiger partial charge in [0.25, 0.3) is 5.91 Å². The van der Waals surface area contributed by atoms with E-state index in [1.165, 1.54) is 28.9 Å². The quantitative estimate of drug-likeness (QED) is 0.779. The molecule has 132 valence electrons. The number of carbonyl (C=O) groups is 1. The molecule has 1 unspecified atom stereocenters. The van der Waals surface area contributed by atoms with Crippen LogP contribution in [0.4, 0.5) is 5.69 Å². The Hall–Kier alpha value is -1.84. The van der Waals surface area contributed by atoms with Gasteiger partial charge in [0.15, 0.2) is 6.54 Å². The first kappa shape index (κ1) is 18.0. The maximum absolute atomic E-state index is 12.5. The molecule has 2 aromatic rings. The fraction of sp³-hybridized carbons (Fsp3) is 0.381. The summed E-state index contributed by atoms with van der Waals surface area (Å²) in [5, 5.41) is 3.52. The first-order chi connectivity index (χ1) is 12.0. The molecule has 1 aliphatic carbocycles. The van der Waals surface area contributed by atoms with Gasteiger partial charge in [-0.15, -0.1) is 0 Å². The van der Waals surface area contributed by atoms with Crippen LogP contribution in [-0.4, -0.2) is 18.5 Å². The number of halogens is 1. The maximum atomic E-state index is 12.5. The van der Waals surface area contributed by atoms with Gasteiger partial charge in [0, 0.05) is 18.4 Å². The molecule has 0 radical (unpaired) electrons. The number of benzene rings is 2. The lowest BCUT2D eigenvalue weighted by molar-refractivity contribution is -0.916. The molecule has 1 aliphatic rings. The van der Waals surface area contributed by atoms with Gasteiger partial charge in [0.05, 0.1) is 16.8 Å². The van der Waals surface area contributed by atoms with Crippen LogP contribution >= 0.6 is 11.6 Å². The third-order valence-electron chi connectivity index (χ3n) is 4.77. The molecule has 1 fully saturated rings. The van der Waals surface area contributed by atoms with E-state index in [1.807, 2.05) is 18.2 Å². The first-order valence-electron chi connectivity index (χ1n) is 9.00. The van der Waals surface area contributed by atoms with Gasteiger partial charge in [-0.2, -0.15) is 0 Å². The lowest BCUT2D eigenvalue weighted by Gasteiger charge is -2.19. The molecule has 2 aromatic carbocycles. The average molecular weight is 358 g/mol. The van der Waals surface area contributed by atoms with Gasteiger partial charge < -0.3 is 10.2 Å². The summed E-state index contributed by atoms with van der Waals surface area (Å²) < 4.78 is 0. The van der Waals surface area contributed by atoms with Gasteiger partial charge in [0.2, 0.25) is 0 Å². The van der Waals surface area contributed by atoms with Crippen molar-refractivity contribution < 1.29 is 9.69 Å². The van der Waals surface area contributed by atoms with Crippen molar-refractivity contribution in [1.82, 2.24) is 0 Å². The molecule has 0 bridgehead atoms. The van der Waals surface area contributed by atoms with Gasteiger partial charge in [-0.3, -0.25) is 4.79 Å². The third-order valence-corrected chi connectivity index (χ3v) is 5.10. The number of rotatable bonds is 7. The van der Waals surface area contributed by atoms with E-state index in [1.54, 1.807) is 6.07 Å². The minimum absolute atomic E-state index is 0.0220. The van der Waals surface area contributed by atoms with Crippen LogP contribution in [0.2, 0.25) is 5.02 Å². The van der Waals surface area contributed by atoms with Gasteiger partial charge in [-0.1, -0.05) is 61.8 Å². The Kier molecular flexibility index (Phi) is 5.77. The molecule has 1 atom stereocenters. The minimum Gasteiger partial charge on any atom is -0.321 e. The minimum atomic E-state index is 0.0220. The molecule has 3 nitrogen and oxygen atoms in total. The van der Waals surface area contributed by atoms with Crippen LogP contribution in [0, 0.1) is 0 Å². The van der Waals surface area contributed by atoms with Crippen molar-refractivity contribution >= 4 is 23.2 Å². The molecule has 1 amide bonds. The molecule has 4 heteroatoms. The summed E-state index contributed by atoms with van der Waals surface area (Å²) in [5.41, 5.74) is 3.33. The Balaban J connectivity index is 1.61. The highest BCUT2D eigenvalue weighted by molar-refractivity contribution is 6.33. The molecular weight excluding hydrogens is 332 g/mol. The van der Waals surface area contributed by atoms with E-state index in [0.29, 0.717) is 29.2 Å². The van der Waals surface area contributed by atoms with E-state index in [9.17, 15) is 4.79 Å². The number of carbonyl (C=O) groups excluding carboxylic acids is 1. The van der Waals surface area contributed by atoms with Gasteiger partial charge in [0.1, 0.15) is 6.54 Å².